The third kappa shape index (κ3) is 4.65. The van der Waals surface area contributed by atoms with Crippen LogP contribution in [0.25, 0.3) is 6.08 Å². The van der Waals surface area contributed by atoms with Gasteiger partial charge in [-0.25, -0.2) is 4.98 Å². The van der Waals surface area contributed by atoms with Crippen LogP contribution in [0.4, 0.5) is 5.69 Å². The van der Waals surface area contributed by atoms with Gasteiger partial charge >= 0.3 is 0 Å². The first-order chi connectivity index (χ1) is 11.4. The zero-order valence-electron chi connectivity index (χ0n) is 12.4. The van der Waals surface area contributed by atoms with Gasteiger partial charge in [-0.3, -0.25) is 9.59 Å². The molecule has 1 amide bonds. The number of thiazole rings is 1. The number of halogens is 2. The van der Waals surface area contributed by atoms with Crippen molar-refractivity contribution in [3.05, 3.63) is 50.4 Å². The van der Waals surface area contributed by atoms with Crippen LogP contribution in [0.1, 0.15) is 10.7 Å². The molecule has 2 aromatic rings. The van der Waals surface area contributed by atoms with Crippen molar-refractivity contribution < 1.29 is 9.59 Å². The van der Waals surface area contributed by atoms with E-state index < -0.39 is 17.6 Å². The molecule has 0 aliphatic rings. The number of hydrogen-bond donors (Lipinski definition) is 1. The molecule has 1 aromatic carbocycles. The van der Waals surface area contributed by atoms with E-state index in [0.29, 0.717) is 10.7 Å². The van der Waals surface area contributed by atoms with Crippen LogP contribution in [-0.2, 0) is 9.59 Å². The molecule has 1 N–H and O–H groups in total. The molecular weight excluding hydrogens is 369 g/mol. The Labute approximate surface area is 152 Å². The molecule has 0 spiro atoms. The second-order valence-corrected chi connectivity index (χ2v) is 6.61. The first-order valence-corrected chi connectivity index (χ1v) is 8.34. The number of anilines is 1. The lowest BCUT2D eigenvalue weighted by molar-refractivity contribution is -0.126. The van der Waals surface area contributed by atoms with Gasteiger partial charge in [-0.05, 0) is 37.3 Å². The molecule has 0 saturated carbocycles. The minimum absolute atomic E-state index is 0.216. The number of nitriles is 1. The van der Waals surface area contributed by atoms with Crippen molar-refractivity contribution in [3.63, 3.8) is 0 Å². The summed E-state index contributed by atoms with van der Waals surface area (Å²) in [4.78, 5) is 28.4. The van der Waals surface area contributed by atoms with Gasteiger partial charge in [0.15, 0.2) is 11.7 Å². The Morgan fingerprint density at radius 3 is 2.75 bits per heavy atom. The van der Waals surface area contributed by atoms with Crippen molar-refractivity contribution in [2.75, 3.05) is 5.32 Å². The second-order valence-electron chi connectivity index (χ2n) is 4.70. The van der Waals surface area contributed by atoms with Crippen LogP contribution in [0.15, 0.2) is 29.7 Å². The third-order valence-corrected chi connectivity index (χ3v) is 4.26. The average Bonchev–Trinajstić information content (AvgIpc) is 2.94. The van der Waals surface area contributed by atoms with Gasteiger partial charge in [-0.15, -0.1) is 11.3 Å². The Balaban J connectivity index is 2.09. The van der Waals surface area contributed by atoms with Gasteiger partial charge in [-0.1, -0.05) is 23.2 Å². The lowest BCUT2D eigenvalue weighted by Gasteiger charge is -2.09. The number of nitrogens with one attached hydrogen (secondary N) is 1. The summed E-state index contributed by atoms with van der Waals surface area (Å²) in [5.74, 6) is -2.87. The Hall–Kier alpha value is -2.20. The summed E-state index contributed by atoms with van der Waals surface area (Å²) in [6.45, 7) is 1.84. The van der Waals surface area contributed by atoms with E-state index in [9.17, 15) is 9.59 Å². The van der Waals surface area contributed by atoms with Crippen LogP contribution in [0, 0.1) is 24.2 Å². The normalized spacial score (nSPS) is 11.9. The number of aromatic nitrogens is 1. The Bertz CT molecular complexity index is 855. The molecule has 0 saturated heterocycles. The minimum atomic E-state index is -1.48. The number of amides is 1. The maximum Gasteiger partial charge on any atom is 0.249 e. The number of carbonyl (C=O) groups excluding carboxylic acids is 2. The summed E-state index contributed by atoms with van der Waals surface area (Å²) < 4.78 is 0. The lowest BCUT2D eigenvalue weighted by Crippen LogP contribution is -2.27. The van der Waals surface area contributed by atoms with Crippen molar-refractivity contribution in [1.29, 1.82) is 5.26 Å². The van der Waals surface area contributed by atoms with Gasteiger partial charge in [0.2, 0.25) is 5.91 Å². The molecule has 24 heavy (non-hydrogen) atoms. The molecule has 1 aromatic heterocycles. The summed E-state index contributed by atoms with van der Waals surface area (Å²) in [6, 6.07) is 6.18. The van der Waals surface area contributed by atoms with Crippen LogP contribution < -0.4 is 5.32 Å². The molecule has 1 heterocycles. The molecule has 0 aliphatic carbocycles. The van der Waals surface area contributed by atoms with Gasteiger partial charge < -0.3 is 5.32 Å². The van der Waals surface area contributed by atoms with Gasteiger partial charge in [-0.2, -0.15) is 5.26 Å². The predicted octanol–water partition coefficient (Wildman–Crippen LogP) is 4.12. The smallest absolute Gasteiger partial charge is 0.249 e. The largest absolute Gasteiger partial charge is 0.323 e. The number of hydrogen-bond acceptors (Lipinski definition) is 5. The number of nitrogens with zero attached hydrogens (tertiary/aromatic N) is 2. The minimum Gasteiger partial charge on any atom is -0.323 e. The lowest BCUT2D eigenvalue weighted by atomic mass is 10.0. The highest BCUT2D eigenvalue weighted by molar-refractivity contribution is 7.09. The Kier molecular flexibility index (Phi) is 6.10. The molecule has 8 heteroatoms. The maximum absolute atomic E-state index is 12.1. The molecule has 0 aliphatic heterocycles. The van der Waals surface area contributed by atoms with Crippen LogP contribution in [0.5, 0.6) is 0 Å². The summed E-state index contributed by atoms with van der Waals surface area (Å²) in [7, 11) is 0. The highest BCUT2D eigenvalue weighted by Crippen LogP contribution is 2.25. The van der Waals surface area contributed by atoms with E-state index in [-0.39, 0.29) is 10.7 Å². The SMILES string of the molecule is Cc1nc(/C=C/C(=O)C(C#N)C(=O)Nc2ccc(Cl)cc2Cl)cs1. The first kappa shape index (κ1) is 18.1. The van der Waals surface area contributed by atoms with Crippen molar-refractivity contribution in [1.82, 2.24) is 4.98 Å². The third-order valence-electron chi connectivity index (χ3n) is 2.92. The number of rotatable bonds is 5. The molecule has 0 bridgehead atoms. The Morgan fingerprint density at radius 2 is 2.17 bits per heavy atom. The van der Waals surface area contributed by atoms with E-state index in [2.05, 4.69) is 10.3 Å². The standard InChI is InChI=1S/C16H11Cl2N3O2S/c1-9-20-11(8-24-9)3-5-15(22)12(7-19)16(23)21-14-4-2-10(17)6-13(14)18/h2-6,8,12H,1H3,(H,21,23)/b5-3+. The maximum atomic E-state index is 12.1. The number of carbonyl (C=O) groups is 2. The van der Waals surface area contributed by atoms with E-state index >= 15 is 0 Å². The van der Waals surface area contributed by atoms with E-state index in [0.717, 1.165) is 5.01 Å². The van der Waals surface area contributed by atoms with Gasteiger partial charge in [0, 0.05) is 10.4 Å². The fourth-order valence-corrected chi connectivity index (χ4v) is 2.80. The van der Waals surface area contributed by atoms with E-state index in [4.69, 9.17) is 28.5 Å². The molecule has 1 atom stereocenters. The summed E-state index contributed by atoms with van der Waals surface area (Å²) in [5, 5.41) is 14.8. The van der Waals surface area contributed by atoms with Crippen LogP contribution in [-0.4, -0.2) is 16.7 Å². The Morgan fingerprint density at radius 1 is 1.42 bits per heavy atom. The highest BCUT2D eigenvalue weighted by Gasteiger charge is 2.25. The van der Waals surface area contributed by atoms with Gasteiger partial charge in [0.25, 0.3) is 0 Å². The van der Waals surface area contributed by atoms with Gasteiger partial charge in [0.05, 0.1) is 27.5 Å². The van der Waals surface area contributed by atoms with E-state index in [1.807, 2.05) is 6.92 Å². The summed E-state index contributed by atoms with van der Waals surface area (Å²) in [5.41, 5.74) is 0.877. The number of ketones is 1. The molecule has 1 unspecified atom stereocenters. The topological polar surface area (TPSA) is 82.8 Å². The molecule has 5 nitrogen and oxygen atoms in total. The number of benzene rings is 1. The number of allylic oxidation sites excluding steroid dienone is 1. The van der Waals surface area contributed by atoms with Crippen molar-refractivity contribution in [2.24, 2.45) is 5.92 Å². The predicted molar refractivity (Wildman–Crippen MR) is 95.1 cm³/mol. The van der Waals surface area contributed by atoms with Crippen LogP contribution in [0.2, 0.25) is 10.0 Å². The quantitative estimate of drug-likeness (QED) is 0.625. The van der Waals surface area contributed by atoms with E-state index in [1.165, 1.54) is 41.7 Å². The highest BCUT2D eigenvalue weighted by atomic mass is 35.5. The first-order valence-electron chi connectivity index (χ1n) is 6.70. The molecule has 0 fully saturated rings. The monoisotopic (exact) mass is 379 g/mol. The van der Waals surface area contributed by atoms with Crippen molar-refractivity contribution >= 4 is 58.0 Å². The second kappa shape index (κ2) is 8.06. The fraction of sp³-hybridized carbons (Fsp3) is 0.125. The molecule has 122 valence electrons. The van der Waals surface area contributed by atoms with Crippen LogP contribution in [0.3, 0.4) is 0 Å². The zero-order chi connectivity index (χ0) is 17.7. The van der Waals surface area contributed by atoms with Crippen molar-refractivity contribution in [2.45, 2.75) is 6.92 Å². The summed E-state index contributed by atoms with van der Waals surface area (Å²) in [6.07, 6.45) is 2.64. The summed E-state index contributed by atoms with van der Waals surface area (Å²) >= 11 is 13.2. The molecular formula is C16H11Cl2N3O2S. The van der Waals surface area contributed by atoms with E-state index in [1.54, 1.807) is 11.4 Å². The average molecular weight is 380 g/mol. The molecule has 2 rings (SSSR count). The van der Waals surface area contributed by atoms with Crippen molar-refractivity contribution in [3.8, 4) is 6.07 Å². The number of aryl methyl sites for hydroxylation is 1. The van der Waals surface area contributed by atoms with Gasteiger partial charge in [0.1, 0.15) is 0 Å². The van der Waals surface area contributed by atoms with Crippen LogP contribution >= 0.6 is 34.5 Å². The zero-order valence-corrected chi connectivity index (χ0v) is 14.7. The fourth-order valence-electron chi connectivity index (χ4n) is 1.77. The molecule has 0 radical (unpaired) electrons.